The second kappa shape index (κ2) is 9.00. The lowest BCUT2D eigenvalue weighted by molar-refractivity contribution is -0.138. The molecule has 3 atom stereocenters. The monoisotopic (exact) mass is 450 g/mol. The molecule has 8 nitrogen and oxygen atoms in total. The highest BCUT2D eigenvalue weighted by atomic mass is 16.2. The van der Waals surface area contributed by atoms with Crippen LogP contribution in [-0.4, -0.2) is 52.7 Å². The highest BCUT2D eigenvalue weighted by Crippen LogP contribution is 2.35. The van der Waals surface area contributed by atoms with Gasteiger partial charge in [-0.2, -0.15) is 5.01 Å². The van der Waals surface area contributed by atoms with Crippen LogP contribution in [0.2, 0.25) is 0 Å². The van der Waals surface area contributed by atoms with Crippen molar-refractivity contribution in [3.05, 3.63) is 42.0 Å². The summed E-state index contributed by atoms with van der Waals surface area (Å²) in [6.45, 7) is 1.23. The van der Waals surface area contributed by atoms with Gasteiger partial charge in [0.1, 0.15) is 0 Å². The molecule has 2 N–H and O–H groups in total. The summed E-state index contributed by atoms with van der Waals surface area (Å²) in [7, 11) is 0. The number of imide groups is 1. The van der Waals surface area contributed by atoms with Gasteiger partial charge in [0, 0.05) is 30.6 Å². The molecule has 174 valence electrons. The van der Waals surface area contributed by atoms with E-state index in [2.05, 4.69) is 10.7 Å². The third kappa shape index (κ3) is 4.26. The number of hydrogen-bond acceptors (Lipinski definition) is 5. The zero-order chi connectivity index (χ0) is 22.9. The Labute approximate surface area is 193 Å². The van der Waals surface area contributed by atoms with Crippen molar-refractivity contribution in [1.29, 1.82) is 0 Å². The van der Waals surface area contributed by atoms with E-state index >= 15 is 0 Å². The smallest absolute Gasteiger partial charge is 0.252 e. The summed E-state index contributed by atoms with van der Waals surface area (Å²) in [5, 5.41) is 4.13. The quantitative estimate of drug-likeness (QED) is 0.531. The lowest BCUT2D eigenvalue weighted by Gasteiger charge is -2.21. The van der Waals surface area contributed by atoms with Gasteiger partial charge in [-0.1, -0.05) is 31.1 Å². The van der Waals surface area contributed by atoms with E-state index in [-0.39, 0.29) is 47.4 Å². The Morgan fingerprint density at radius 3 is 2.33 bits per heavy atom. The first-order valence-electron chi connectivity index (χ1n) is 12.0. The Morgan fingerprint density at radius 2 is 1.64 bits per heavy atom. The molecule has 8 heteroatoms. The van der Waals surface area contributed by atoms with Crippen LogP contribution in [0.15, 0.2) is 36.4 Å². The second-order valence-electron chi connectivity index (χ2n) is 9.58. The Hall–Kier alpha value is -3.16. The van der Waals surface area contributed by atoms with Crippen LogP contribution in [0.3, 0.4) is 0 Å². The molecular weight excluding hydrogens is 420 g/mol. The molecule has 2 saturated heterocycles. The van der Waals surface area contributed by atoms with E-state index in [1.54, 1.807) is 24.3 Å². The lowest BCUT2D eigenvalue weighted by Crippen LogP contribution is -2.40. The maximum absolute atomic E-state index is 12.9. The number of likely N-dealkylation sites (tertiary alicyclic amines) is 1. The first kappa shape index (κ1) is 21.7. The minimum Gasteiger partial charge on any atom is -0.347 e. The summed E-state index contributed by atoms with van der Waals surface area (Å²) in [5.74, 6) is -0.901. The summed E-state index contributed by atoms with van der Waals surface area (Å²) in [5.41, 5.74) is 3.87. The van der Waals surface area contributed by atoms with Crippen LogP contribution in [0.25, 0.3) is 0 Å². The van der Waals surface area contributed by atoms with E-state index in [1.165, 1.54) is 0 Å². The van der Waals surface area contributed by atoms with E-state index in [4.69, 9.17) is 0 Å². The standard InChI is InChI=1S/C25H30N4O4/c30-22(26-19-12-13-28(15-19)23(31)16-6-1-2-7-16)17-8-5-9-18(14-17)27-29-24(32)20-10-3-4-11-21(20)25(29)33/h3-5,8-9,14,16,19-21,27H,1-2,6-7,10-13,15H2,(H,26,30). The van der Waals surface area contributed by atoms with Gasteiger partial charge in [0.15, 0.2) is 0 Å². The normalized spacial score (nSPS) is 27.2. The predicted octanol–water partition coefficient (Wildman–Crippen LogP) is 2.49. The Kier molecular flexibility index (Phi) is 5.91. The van der Waals surface area contributed by atoms with Crippen molar-refractivity contribution < 1.29 is 19.2 Å². The number of hydrogen-bond donors (Lipinski definition) is 2. The zero-order valence-corrected chi connectivity index (χ0v) is 18.7. The fraction of sp³-hybridized carbons (Fsp3) is 0.520. The number of nitrogens with one attached hydrogen (secondary N) is 2. The molecule has 3 fully saturated rings. The molecule has 0 radical (unpaired) electrons. The summed E-state index contributed by atoms with van der Waals surface area (Å²) in [4.78, 5) is 52.8. The number of rotatable bonds is 5. The number of anilines is 1. The second-order valence-corrected chi connectivity index (χ2v) is 9.58. The maximum Gasteiger partial charge on any atom is 0.252 e. The molecule has 0 bridgehead atoms. The number of carbonyl (C=O) groups excluding carboxylic acids is 4. The largest absolute Gasteiger partial charge is 0.347 e. The van der Waals surface area contributed by atoms with Crippen LogP contribution in [0.4, 0.5) is 5.69 Å². The molecule has 0 spiro atoms. The van der Waals surface area contributed by atoms with Crippen LogP contribution >= 0.6 is 0 Å². The fourth-order valence-electron chi connectivity index (χ4n) is 5.55. The van der Waals surface area contributed by atoms with Gasteiger partial charge in [0.25, 0.3) is 17.7 Å². The minimum atomic E-state index is -0.307. The number of carbonyl (C=O) groups is 4. The third-order valence-electron chi connectivity index (χ3n) is 7.41. The predicted molar refractivity (Wildman–Crippen MR) is 122 cm³/mol. The van der Waals surface area contributed by atoms with Crippen molar-refractivity contribution >= 4 is 29.3 Å². The van der Waals surface area contributed by atoms with Gasteiger partial charge in [-0.05, 0) is 50.3 Å². The molecule has 0 aromatic heterocycles. The fourth-order valence-corrected chi connectivity index (χ4v) is 5.55. The first-order chi connectivity index (χ1) is 16.0. The molecule has 33 heavy (non-hydrogen) atoms. The van der Waals surface area contributed by atoms with Gasteiger partial charge in [0.2, 0.25) is 5.91 Å². The van der Waals surface area contributed by atoms with Crippen LogP contribution in [0.5, 0.6) is 0 Å². The van der Waals surface area contributed by atoms with Crippen molar-refractivity contribution in [2.24, 2.45) is 17.8 Å². The average molecular weight is 451 g/mol. The van der Waals surface area contributed by atoms with Gasteiger partial charge >= 0.3 is 0 Å². The minimum absolute atomic E-state index is 0.0724. The average Bonchev–Trinajstić information content (AvgIpc) is 3.58. The number of benzene rings is 1. The summed E-state index contributed by atoms with van der Waals surface area (Å²) >= 11 is 0. The summed E-state index contributed by atoms with van der Waals surface area (Å²) < 4.78 is 0. The molecule has 5 rings (SSSR count). The van der Waals surface area contributed by atoms with Crippen molar-refractivity contribution in [2.75, 3.05) is 18.5 Å². The Bertz CT molecular complexity index is 974. The zero-order valence-electron chi connectivity index (χ0n) is 18.7. The topological polar surface area (TPSA) is 98.8 Å². The Balaban J connectivity index is 1.19. The van der Waals surface area contributed by atoms with Crippen LogP contribution in [0.1, 0.15) is 55.3 Å². The van der Waals surface area contributed by atoms with Gasteiger partial charge in [-0.15, -0.1) is 0 Å². The van der Waals surface area contributed by atoms with Gasteiger partial charge in [-0.25, -0.2) is 0 Å². The number of allylic oxidation sites excluding steroid dienone is 2. The van der Waals surface area contributed by atoms with Crippen molar-refractivity contribution in [1.82, 2.24) is 15.2 Å². The molecule has 4 aliphatic rings. The Morgan fingerprint density at radius 1 is 0.939 bits per heavy atom. The van der Waals surface area contributed by atoms with Crippen LogP contribution in [0, 0.1) is 17.8 Å². The number of hydrazine groups is 1. The molecule has 1 aromatic rings. The van der Waals surface area contributed by atoms with Crippen molar-refractivity contribution in [3.63, 3.8) is 0 Å². The third-order valence-corrected chi connectivity index (χ3v) is 7.41. The van der Waals surface area contributed by atoms with E-state index in [9.17, 15) is 19.2 Å². The SMILES string of the molecule is O=C(NC1CCN(C(=O)C2CCCC2)C1)c1cccc(NN2C(=O)C3CC=CCC3C2=O)c1. The molecular formula is C25H30N4O4. The molecule has 2 aliphatic carbocycles. The number of amides is 4. The van der Waals surface area contributed by atoms with E-state index in [0.717, 1.165) is 37.1 Å². The van der Waals surface area contributed by atoms with Gasteiger partial charge in [-0.3, -0.25) is 24.6 Å². The molecule has 3 unspecified atom stereocenters. The number of nitrogens with zero attached hydrogens (tertiary/aromatic N) is 2. The number of fused-ring (bicyclic) bond motifs is 1. The molecule has 2 heterocycles. The summed E-state index contributed by atoms with van der Waals surface area (Å²) in [6.07, 6.45) is 10.0. The van der Waals surface area contributed by atoms with Gasteiger partial charge in [0.05, 0.1) is 17.5 Å². The molecule has 4 amide bonds. The van der Waals surface area contributed by atoms with Crippen LogP contribution in [-0.2, 0) is 14.4 Å². The van der Waals surface area contributed by atoms with E-state index in [0.29, 0.717) is 37.2 Å². The van der Waals surface area contributed by atoms with E-state index in [1.807, 2.05) is 17.1 Å². The lowest BCUT2D eigenvalue weighted by atomic mass is 9.85. The first-order valence-corrected chi connectivity index (χ1v) is 12.0. The highest BCUT2D eigenvalue weighted by Gasteiger charge is 2.47. The van der Waals surface area contributed by atoms with Crippen LogP contribution < -0.4 is 10.7 Å². The van der Waals surface area contributed by atoms with Crippen molar-refractivity contribution in [3.8, 4) is 0 Å². The summed E-state index contributed by atoms with van der Waals surface area (Å²) in [6, 6.07) is 6.73. The van der Waals surface area contributed by atoms with E-state index < -0.39 is 0 Å². The maximum atomic E-state index is 12.9. The highest BCUT2D eigenvalue weighted by molar-refractivity contribution is 6.06. The molecule has 1 saturated carbocycles. The van der Waals surface area contributed by atoms with Gasteiger partial charge < -0.3 is 10.2 Å². The molecule has 2 aliphatic heterocycles. The van der Waals surface area contributed by atoms with Crippen molar-refractivity contribution in [2.45, 2.75) is 51.0 Å². The molecule has 1 aromatic carbocycles.